The summed E-state index contributed by atoms with van der Waals surface area (Å²) in [5.74, 6) is -1.83. The fourth-order valence-electron chi connectivity index (χ4n) is 6.09. The van der Waals surface area contributed by atoms with Crippen molar-refractivity contribution in [1.29, 1.82) is 5.41 Å². The number of nitrogens with zero attached hydrogens (tertiary/aromatic N) is 4. The highest BCUT2D eigenvalue weighted by Gasteiger charge is 2.21. The number of likely N-dealkylation sites (tertiary alicyclic amines) is 1. The molecule has 0 spiro atoms. The van der Waals surface area contributed by atoms with Crippen molar-refractivity contribution in [1.82, 2.24) is 30.4 Å². The van der Waals surface area contributed by atoms with E-state index in [1.807, 2.05) is 4.90 Å². The Morgan fingerprint density at radius 3 is 2.38 bits per heavy atom. The first-order chi connectivity index (χ1) is 25.8. The van der Waals surface area contributed by atoms with Crippen LogP contribution in [0.5, 0.6) is 0 Å². The van der Waals surface area contributed by atoms with E-state index in [0.29, 0.717) is 99.2 Å². The number of morpholine rings is 1. The molecule has 3 aromatic rings. The van der Waals surface area contributed by atoms with Crippen molar-refractivity contribution in [3.63, 3.8) is 0 Å². The van der Waals surface area contributed by atoms with Crippen LogP contribution in [0.3, 0.4) is 0 Å². The third-order valence-electron chi connectivity index (χ3n) is 8.95. The molecule has 0 saturated carbocycles. The second kappa shape index (κ2) is 20.7. The van der Waals surface area contributed by atoms with Gasteiger partial charge in [0.1, 0.15) is 18.2 Å². The van der Waals surface area contributed by atoms with E-state index in [1.54, 1.807) is 30.6 Å². The van der Waals surface area contributed by atoms with Crippen LogP contribution in [0.15, 0.2) is 42.7 Å². The first kappa shape index (κ1) is 39.8. The maximum Gasteiger partial charge on any atom is 0.243 e. The number of para-hydroxylation sites is 1. The largest absolute Gasteiger partial charge is 0.387 e. The van der Waals surface area contributed by atoms with Crippen molar-refractivity contribution in [3.8, 4) is 11.1 Å². The highest BCUT2D eigenvalue weighted by molar-refractivity contribution is 6.08. The zero-order valence-corrected chi connectivity index (χ0v) is 29.8. The fourth-order valence-corrected chi connectivity index (χ4v) is 6.09. The van der Waals surface area contributed by atoms with E-state index in [1.165, 1.54) is 18.3 Å². The summed E-state index contributed by atoms with van der Waals surface area (Å²) >= 11 is 0. The fraction of sp³-hybridized carbons (Fsp3) is 0.486. The van der Waals surface area contributed by atoms with E-state index >= 15 is 8.78 Å². The molecule has 2 fully saturated rings. The summed E-state index contributed by atoms with van der Waals surface area (Å²) in [6.45, 7) is 6.24. The van der Waals surface area contributed by atoms with Gasteiger partial charge >= 0.3 is 0 Å². The lowest BCUT2D eigenvalue weighted by Gasteiger charge is -2.31. The minimum absolute atomic E-state index is 0.0285. The van der Waals surface area contributed by atoms with Crippen LogP contribution in [0.1, 0.15) is 24.1 Å². The van der Waals surface area contributed by atoms with Crippen LogP contribution in [0.2, 0.25) is 0 Å². The van der Waals surface area contributed by atoms with Gasteiger partial charge in [0.25, 0.3) is 0 Å². The molecule has 14 nitrogen and oxygen atoms in total. The van der Waals surface area contributed by atoms with Crippen LogP contribution < -0.4 is 16.4 Å². The predicted octanol–water partition coefficient (Wildman–Crippen LogP) is 2.10. The number of allylic oxidation sites excluding steroid dienone is 1. The zero-order chi connectivity index (χ0) is 37.4. The van der Waals surface area contributed by atoms with Crippen molar-refractivity contribution in [2.75, 3.05) is 92.1 Å². The molecule has 0 aliphatic carbocycles. The Balaban J connectivity index is 1.08. The summed E-state index contributed by atoms with van der Waals surface area (Å²) in [5.41, 5.74) is 7.92. The Labute approximate surface area is 307 Å². The second-order valence-electron chi connectivity index (χ2n) is 12.8. The van der Waals surface area contributed by atoms with Gasteiger partial charge < -0.3 is 40.7 Å². The molecule has 0 radical (unpaired) electrons. The van der Waals surface area contributed by atoms with Crippen LogP contribution in [0, 0.1) is 17.0 Å². The average Bonchev–Trinajstić information content (AvgIpc) is 3.16. The number of aromatic nitrogens is 2. The molecule has 2 aliphatic rings. The van der Waals surface area contributed by atoms with Crippen LogP contribution in [-0.4, -0.2) is 136 Å². The molecule has 3 heterocycles. The second-order valence-corrected chi connectivity index (χ2v) is 12.8. The Bertz CT molecular complexity index is 1690. The number of ether oxygens (including phenoxy) is 4. The summed E-state index contributed by atoms with van der Waals surface area (Å²) < 4.78 is 51.7. The summed E-state index contributed by atoms with van der Waals surface area (Å²) in [6.07, 6.45) is 6.14. The molecule has 1 aromatic heterocycles. The molecular weight excluding hydrogens is 690 g/mol. The van der Waals surface area contributed by atoms with Crippen LogP contribution >= 0.6 is 0 Å². The molecular formula is C37H48F2N8O6. The van der Waals surface area contributed by atoms with Crippen LogP contribution in [-0.2, 0) is 35.1 Å². The number of halogens is 2. The Kier molecular flexibility index (Phi) is 15.5. The first-order valence-corrected chi connectivity index (χ1v) is 17.8. The molecule has 16 heteroatoms. The number of hydrogen-bond acceptors (Lipinski definition) is 12. The number of fused-ring (bicyclic) bond motifs is 1. The number of carbonyl (C=O) groups excluding carboxylic acids is 2. The number of benzene rings is 2. The highest BCUT2D eigenvalue weighted by atomic mass is 19.1. The van der Waals surface area contributed by atoms with Gasteiger partial charge in [-0.1, -0.05) is 12.1 Å². The van der Waals surface area contributed by atoms with Crippen LogP contribution in [0.4, 0.5) is 8.78 Å². The van der Waals surface area contributed by atoms with Crippen molar-refractivity contribution in [2.45, 2.75) is 25.4 Å². The summed E-state index contributed by atoms with van der Waals surface area (Å²) in [5, 5.41) is 14.4. The minimum atomic E-state index is -0.615. The number of nitrogens with two attached hydrogens (primary N) is 1. The molecule has 5 rings (SSSR count). The van der Waals surface area contributed by atoms with Gasteiger partial charge in [0, 0.05) is 74.4 Å². The lowest BCUT2D eigenvalue weighted by Crippen LogP contribution is -2.45. The Hall–Kier alpha value is -4.45. The van der Waals surface area contributed by atoms with Gasteiger partial charge in [0.05, 0.1) is 75.7 Å². The average molecular weight is 739 g/mol. The maximum absolute atomic E-state index is 15.3. The lowest BCUT2D eigenvalue weighted by molar-refractivity contribution is -0.123. The number of hydrogen-bond donors (Lipinski definition) is 4. The molecule has 5 N–H and O–H groups in total. The van der Waals surface area contributed by atoms with Gasteiger partial charge in [-0.3, -0.25) is 24.4 Å². The minimum Gasteiger partial charge on any atom is -0.387 e. The predicted molar refractivity (Wildman–Crippen MR) is 195 cm³/mol. The molecule has 2 saturated heterocycles. The summed E-state index contributed by atoms with van der Waals surface area (Å²) in [6, 6.07) is 8.16. The standard InChI is InChI=1S/C37H48F2N8O6/c38-31-18-26(19-32(39)30(31)23-47-9-12-51-13-10-47)29-2-1-3-33-37(29)45-34(22-44-33)27(20-40)21-43-28-4-7-46(8-5-28)24-36(49)42-6-11-50-14-15-52-16-17-53-25-35(41)48/h1-3,18-22,28,40,43H,4-17,23-25H2,(H2,41,48)(H,42,49)/b27-21+,40-20?. The highest BCUT2D eigenvalue weighted by Crippen LogP contribution is 2.30. The van der Waals surface area contributed by atoms with Gasteiger partial charge in [0.2, 0.25) is 11.8 Å². The number of amides is 2. The molecule has 0 bridgehead atoms. The van der Waals surface area contributed by atoms with Gasteiger partial charge in [-0.2, -0.15) is 0 Å². The number of piperidine rings is 1. The normalized spacial score (nSPS) is 16.2. The monoisotopic (exact) mass is 738 g/mol. The number of carbonyl (C=O) groups is 2. The quantitative estimate of drug-likeness (QED) is 0.0987. The third-order valence-corrected chi connectivity index (χ3v) is 8.95. The van der Waals surface area contributed by atoms with Crippen LogP contribution in [0.25, 0.3) is 27.7 Å². The molecule has 53 heavy (non-hydrogen) atoms. The summed E-state index contributed by atoms with van der Waals surface area (Å²) in [7, 11) is 0. The molecule has 0 atom stereocenters. The lowest BCUT2D eigenvalue weighted by atomic mass is 10.0. The van der Waals surface area contributed by atoms with Crippen molar-refractivity contribution >= 4 is 34.6 Å². The molecule has 2 aliphatic heterocycles. The third kappa shape index (κ3) is 12.3. The van der Waals surface area contributed by atoms with E-state index in [2.05, 4.69) is 20.5 Å². The van der Waals surface area contributed by atoms with E-state index in [4.69, 9.17) is 35.1 Å². The van der Waals surface area contributed by atoms with E-state index < -0.39 is 17.5 Å². The van der Waals surface area contributed by atoms with Crippen molar-refractivity contribution in [2.24, 2.45) is 5.73 Å². The Morgan fingerprint density at radius 1 is 0.981 bits per heavy atom. The SMILES string of the molecule is N=C/C(=C\NC1CCN(CC(=O)NCCOCCOCCOCC(N)=O)CC1)c1cnc2cccc(-c3cc(F)c(CN4CCOCC4)c(F)c3)c2n1. The topological polar surface area (TPSA) is 177 Å². The zero-order valence-electron chi connectivity index (χ0n) is 29.8. The van der Waals surface area contributed by atoms with Gasteiger partial charge in [-0.15, -0.1) is 0 Å². The van der Waals surface area contributed by atoms with E-state index in [0.717, 1.165) is 25.9 Å². The van der Waals surface area contributed by atoms with E-state index in [9.17, 15) is 9.59 Å². The molecule has 0 unspecified atom stereocenters. The van der Waals surface area contributed by atoms with Gasteiger partial charge in [-0.25, -0.2) is 13.8 Å². The van der Waals surface area contributed by atoms with Gasteiger partial charge in [0.15, 0.2) is 0 Å². The molecule has 286 valence electrons. The number of nitrogens with one attached hydrogen (secondary N) is 3. The molecule has 2 aromatic carbocycles. The Morgan fingerprint density at radius 2 is 1.68 bits per heavy atom. The van der Waals surface area contributed by atoms with Crippen molar-refractivity contribution in [3.05, 3.63) is 65.6 Å². The summed E-state index contributed by atoms with van der Waals surface area (Å²) in [4.78, 5) is 36.4. The smallest absolute Gasteiger partial charge is 0.243 e. The molecule has 2 amide bonds. The number of rotatable bonds is 20. The van der Waals surface area contributed by atoms with Gasteiger partial charge in [-0.05, 0) is 36.6 Å². The number of primary amides is 1. The maximum atomic E-state index is 15.3. The first-order valence-electron chi connectivity index (χ1n) is 17.8. The van der Waals surface area contributed by atoms with E-state index in [-0.39, 0.29) is 37.3 Å². The van der Waals surface area contributed by atoms with Crippen molar-refractivity contribution < 1.29 is 37.3 Å².